The summed E-state index contributed by atoms with van der Waals surface area (Å²) in [6, 6.07) is 16.2. The molecule has 0 radical (unpaired) electrons. The fraction of sp³-hybridized carbons (Fsp3) is 0.211. The first-order valence-corrected chi connectivity index (χ1v) is 8.91. The number of aromatic nitrogens is 2. The van der Waals surface area contributed by atoms with E-state index in [0.29, 0.717) is 6.61 Å². The summed E-state index contributed by atoms with van der Waals surface area (Å²) in [6.45, 7) is 3.56. The fourth-order valence-corrected chi connectivity index (χ4v) is 3.60. The lowest BCUT2D eigenvalue weighted by Gasteiger charge is -2.12. The smallest absolute Gasteiger partial charge is 0.145 e. The predicted molar refractivity (Wildman–Crippen MR) is 100 cm³/mol. The van der Waals surface area contributed by atoms with Gasteiger partial charge in [-0.3, -0.25) is 0 Å². The molecule has 1 N–H and O–H groups in total. The summed E-state index contributed by atoms with van der Waals surface area (Å²) in [6.07, 6.45) is 0.975. The lowest BCUT2D eigenvalue weighted by atomic mass is 10.1. The molecule has 3 aromatic rings. The molecule has 0 unspecified atom stereocenters. The Balaban J connectivity index is 1.91. The standard InChI is InChI=1S/C19H18BrN3O/c1-2-24-17-10-6-5-9-16(17)23-19-14(11-12-21-19)18(22-23)13-7-3-4-8-15(13)20/h3-10,21H,2,11-12H2,1H3. The highest BCUT2D eigenvalue weighted by atomic mass is 79.9. The quantitative estimate of drug-likeness (QED) is 0.711. The molecule has 1 aromatic heterocycles. The van der Waals surface area contributed by atoms with Crippen molar-refractivity contribution in [2.75, 3.05) is 18.5 Å². The van der Waals surface area contributed by atoms with E-state index in [2.05, 4.69) is 33.4 Å². The number of nitrogens with zero attached hydrogens (tertiary/aromatic N) is 2. The summed E-state index contributed by atoms with van der Waals surface area (Å²) in [4.78, 5) is 0. The van der Waals surface area contributed by atoms with E-state index in [1.54, 1.807) is 0 Å². The lowest BCUT2D eigenvalue weighted by molar-refractivity contribution is 0.338. The summed E-state index contributed by atoms with van der Waals surface area (Å²) >= 11 is 3.65. The van der Waals surface area contributed by atoms with Gasteiger partial charge in [0.25, 0.3) is 0 Å². The molecular weight excluding hydrogens is 366 g/mol. The van der Waals surface area contributed by atoms with Crippen molar-refractivity contribution in [3.05, 3.63) is 58.6 Å². The molecular formula is C19H18BrN3O. The Morgan fingerprint density at radius 3 is 2.79 bits per heavy atom. The van der Waals surface area contributed by atoms with E-state index in [-0.39, 0.29) is 0 Å². The van der Waals surface area contributed by atoms with Gasteiger partial charge in [-0.05, 0) is 31.5 Å². The van der Waals surface area contributed by atoms with Crippen molar-refractivity contribution in [2.45, 2.75) is 13.3 Å². The number of rotatable bonds is 4. The van der Waals surface area contributed by atoms with Gasteiger partial charge in [0.1, 0.15) is 17.3 Å². The molecule has 0 saturated heterocycles. The number of ether oxygens (including phenoxy) is 1. The van der Waals surface area contributed by atoms with Crippen LogP contribution in [0.1, 0.15) is 12.5 Å². The van der Waals surface area contributed by atoms with E-state index in [1.807, 2.05) is 48.0 Å². The maximum absolute atomic E-state index is 5.79. The minimum atomic E-state index is 0.630. The van der Waals surface area contributed by atoms with Gasteiger partial charge in [-0.2, -0.15) is 5.10 Å². The van der Waals surface area contributed by atoms with Crippen LogP contribution in [0.3, 0.4) is 0 Å². The molecule has 5 heteroatoms. The normalized spacial score (nSPS) is 12.8. The predicted octanol–water partition coefficient (Wildman–Crippen LogP) is 4.67. The minimum absolute atomic E-state index is 0.630. The summed E-state index contributed by atoms with van der Waals surface area (Å²) in [5.41, 5.74) is 4.36. The Morgan fingerprint density at radius 2 is 1.96 bits per heavy atom. The van der Waals surface area contributed by atoms with Crippen LogP contribution in [0.5, 0.6) is 5.75 Å². The van der Waals surface area contributed by atoms with Crippen LogP contribution >= 0.6 is 15.9 Å². The number of halogens is 1. The molecule has 24 heavy (non-hydrogen) atoms. The molecule has 2 heterocycles. The van der Waals surface area contributed by atoms with E-state index in [0.717, 1.165) is 46.0 Å². The molecule has 0 spiro atoms. The zero-order chi connectivity index (χ0) is 16.5. The maximum Gasteiger partial charge on any atom is 0.145 e. The summed E-state index contributed by atoms with van der Waals surface area (Å²) < 4.78 is 8.82. The molecule has 0 amide bonds. The number of anilines is 1. The van der Waals surface area contributed by atoms with Crippen LogP contribution in [0.15, 0.2) is 53.0 Å². The zero-order valence-electron chi connectivity index (χ0n) is 13.4. The number of hydrogen-bond donors (Lipinski definition) is 1. The first kappa shape index (κ1) is 15.3. The number of para-hydroxylation sites is 2. The van der Waals surface area contributed by atoms with Crippen molar-refractivity contribution in [3.63, 3.8) is 0 Å². The average molecular weight is 384 g/mol. The van der Waals surface area contributed by atoms with Gasteiger partial charge in [0.15, 0.2) is 0 Å². The van der Waals surface area contributed by atoms with Crippen LogP contribution in [0, 0.1) is 0 Å². The van der Waals surface area contributed by atoms with E-state index >= 15 is 0 Å². The van der Waals surface area contributed by atoms with Gasteiger partial charge in [0.05, 0.1) is 12.3 Å². The molecule has 0 atom stereocenters. The SMILES string of the molecule is CCOc1ccccc1-n1nc(-c2ccccc2Br)c2c1NCC2. The van der Waals surface area contributed by atoms with E-state index in [1.165, 1.54) is 5.56 Å². The van der Waals surface area contributed by atoms with Crippen LogP contribution in [0.2, 0.25) is 0 Å². The van der Waals surface area contributed by atoms with Gasteiger partial charge in [0, 0.05) is 22.1 Å². The topological polar surface area (TPSA) is 39.1 Å². The molecule has 122 valence electrons. The molecule has 0 saturated carbocycles. The van der Waals surface area contributed by atoms with Crippen LogP contribution in [0.4, 0.5) is 5.82 Å². The van der Waals surface area contributed by atoms with Crippen molar-refractivity contribution in [3.8, 4) is 22.7 Å². The van der Waals surface area contributed by atoms with Gasteiger partial charge in [-0.15, -0.1) is 0 Å². The molecule has 0 aliphatic carbocycles. The number of benzene rings is 2. The molecule has 0 fully saturated rings. The number of hydrogen-bond acceptors (Lipinski definition) is 3. The van der Waals surface area contributed by atoms with Crippen molar-refractivity contribution < 1.29 is 4.74 Å². The molecule has 1 aliphatic heterocycles. The maximum atomic E-state index is 5.79. The highest BCUT2D eigenvalue weighted by molar-refractivity contribution is 9.10. The Morgan fingerprint density at radius 1 is 1.17 bits per heavy atom. The van der Waals surface area contributed by atoms with Gasteiger partial charge in [-0.1, -0.05) is 46.3 Å². The Hall–Kier alpha value is -2.27. The van der Waals surface area contributed by atoms with Gasteiger partial charge < -0.3 is 10.1 Å². The van der Waals surface area contributed by atoms with Crippen molar-refractivity contribution >= 4 is 21.7 Å². The van der Waals surface area contributed by atoms with Crippen molar-refractivity contribution in [1.29, 1.82) is 0 Å². The third kappa shape index (κ3) is 2.49. The third-order valence-electron chi connectivity index (χ3n) is 4.17. The molecule has 4 rings (SSSR count). The van der Waals surface area contributed by atoms with Crippen molar-refractivity contribution in [2.24, 2.45) is 0 Å². The summed E-state index contributed by atoms with van der Waals surface area (Å²) in [7, 11) is 0. The van der Waals surface area contributed by atoms with Gasteiger partial charge in [0.2, 0.25) is 0 Å². The van der Waals surface area contributed by atoms with Crippen LogP contribution in [-0.2, 0) is 6.42 Å². The summed E-state index contributed by atoms with van der Waals surface area (Å²) in [5, 5.41) is 8.40. The largest absolute Gasteiger partial charge is 0.492 e. The van der Waals surface area contributed by atoms with E-state index < -0.39 is 0 Å². The lowest BCUT2D eigenvalue weighted by Crippen LogP contribution is -2.06. The average Bonchev–Trinajstić information content (AvgIpc) is 3.19. The van der Waals surface area contributed by atoms with Crippen LogP contribution in [-0.4, -0.2) is 22.9 Å². The monoisotopic (exact) mass is 383 g/mol. The number of nitrogens with one attached hydrogen (secondary N) is 1. The molecule has 4 nitrogen and oxygen atoms in total. The zero-order valence-corrected chi connectivity index (χ0v) is 15.0. The first-order chi connectivity index (χ1) is 11.8. The van der Waals surface area contributed by atoms with E-state index in [9.17, 15) is 0 Å². The van der Waals surface area contributed by atoms with Crippen molar-refractivity contribution in [1.82, 2.24) is 9.78 Å². The summed E-state index contributed by atoms with van der Waals surface area (Å²) in [5.74, 6) is 1.91. The highest BCUT2D eigenvalue weighted by Crippen LogP contribution is 2.38. The molecule has 1 aliphatic rings. The van der Waals surface area contributed by atoms with Crippen LogP contribution in [0.25, 0.3) is 16.9 Å². The van der Waals surface area contributed by atoms with Gasteiger partial charge >= 0.3 is 0 Å². The van der Waals surface area contributed by atoms with E-state index in [4.69, 9.17) is 9.84 Å². The second-order valence-electron chi connectivity index (χ2n) is 5.64. The Kier molecular flexibility index (Phi) is 4.02. The Bertz CT molecular complexity index is 888. The molecule has 2 aromatic carbocycles. The van der Waals surface area contributed by atoms with Gasteiger partial charge in [-0.25, -0.2) is 4.68 Å². The highest BCUT2D eigenvalue weighted by Gasteiger charge is 2.25. The number of fused-ring (bicyclic) bond motifs is 1. The molecule has 0 bridgehead atoms. The second kappa shape index (κ2) is 6.32. The first-order valence-electron chi connectivity index (χ1n) is 8.12. The third-order valence-corrected chi connectivity index (χ3v) is 4.86. The minimum Gasteiger partial charge on any atom is -0.492 e. The fourth-order valence-electron chi connectivity index (χ4n) is 3.13. The van der Waals surface area contributed by atoms with Crippen LogP contribution < -0.4 is 10.1 Å². The Labute approximate surface area is 149 Å². The second-order valence-corrected chi connectivity index (χ2v) is 6.50.